The first-order valence-electron chi connectivity index (χ1n) is 4.73. The van der Waals surface area contributed by atoms with E-state index in [-0.39, 0.29) is 5.41 Å². The lowest BCUT2D eigenvalue weighted by Crippen LogP contribution is -2.19. The van der Waals surface area contributed by atoms with Gasteiger partial charge in [0.25, 0.3) is 0 Å². The molecule has 2 N–H and O–H groups in total. The third kappa shape index (κ3) is 2.00. The van der Waals surface area contributed by atoms with Crippen LogP contribution in [0.3, 0.4) is 0 Å². The molecule has 1 fully saturated rings. The highest BCUT2D eigenvalue weighted by Gasteiger charge is 2.47. The van der Waals surface area contributed by atoms with Crippen molar-refractivity contribution in [1.82, 2.24) is 4.98 Å². The molecule has 1 aliphatic rings. The molecule has 1 aliphatic carbocycles. The summed E-state index contributed by atoms with van der Waals surface area (Å²) in [5.74, 6) is 5.81. The first-order valence-corrected chi connectivity index (χ1v) is 5.53. The third-order valence-corrected chi connectivity index (χ3v) is 3.23. The molecule has 2 rings (SSSR count). The normalized spacial score (nSPS) is 17.5. The maximum Gasteiger partial charge on any atom is 0.216 e. The molecule has 4 nitrogen and oxygen atoms in total. The van der Waals surface area contributed by atoms with Gasteiger partial charge in [0.1, 0.15) is 0 Å². The standard InChI is InChI=1S/C10H13BrN2O2/c1-14-9-8(4-7(11)5-13-9)10(2-3-10)6-15-12/h4-5H,2-3,6,12H2,1H3. The van der Waals surface area contributed by atoms with Crippen molar-refractivity contribution in [3.05, 3.63) is 22.3 Å². The van der Waals surface area contributed by atoms with E-state index >= 15 is 0 Å². The van der Waals surface area contributed by atoms with Crippen molar-refractivity contribution in [2.45, 2.75) is 18.3 Å². The average Bonchev–Trinajstić information content (AvgIpc) is 2.99. The summed E-state index contributed by atoms with van der Waals surface area (Å²) in [7, 11) is 1.62. The fourth-order valence-corrected chi connectivity index (χ4v) is 2.10. The van der Waals surface area contributed by atoms with Gasteiger partial charge in [-0.25, -0.2) is 10.9 Å². The minimum absolute atomic E-state index is 0.0108. The van der Waals surface area contributed by atoms with Crippen molar-refractivity contribution in [3.8, 4) is 5.88 Å². The van der Waals surface area contributed by atoms with E-state index in [4.69, 9.17) is 15.5 Å². The molecule has 0 atom stereocenters. The number of nitrogens with zero attached hydrogens (tertiary/aromatic N) is 1. The van der Waals surface area contributed by atoms with Crippen LogP contribution in [0.5, 0.6) is 5.88 Å². The Bertz CT molecular complexity index is 366. The number of hydrogen-bond acceptors (Lipinski definition) is 4. The van der Waals surface area contributed by atoms with Gasteiger partial charge >= 0.3 is 0 Å². The highest BCUT2D eigenvalue weighted by molar-refractivity contribution is 9.10. The molecule has 1 saturated carbocycles. The molecule has 0 aliphatic heterocycles. The molecule has 15 heavy (non-hydrogen) atoms. The maximum atomic E-state index is 5.24. The zero-order valence-electron chi connectivity index (χ0n) is 8.50. The number of methoxy groups -OCH3 is 1. The first kappa shape index (κ1) is 10.9. The number of halogens is 1. The highest BCUT2D eigenvalue weighted by Crippen LogP contribution is 2.51. The van der Waals surface area contributed by atoms with E-state index in [2.05, 4.69) is 20.9 Å². The third-order valence-electron chi connectivity index (χ3n) is 2.80. The number of rotatable bonds is 4. The molecule has 1 aromatic heterocycles. The van der Waals surface area contributed by atoms with Crippen LogP contribution in [0.2, 0.25) is 0 Å². The Morgan fingerprint density at radius 2 is 2.33 bits per heavy atom. The van der Waals surface area contributed by atoms with Crippen molar-refractivity contribution in [2.75, 3.05) is 13.7 Å². The molecule has 0 spiro atoms. The summed E-state index contributed by atoms with van der Waals surface area (Å²) >= 11 is 3.41. The van der Waals surface area contributed by atoms with E-state index in [1.165, 1.54) is 0 Å². The van der Waals surface area contributed by atoms with Gasteiger partial charge in [0.05, 0.1) is 13.7 Å². The lowest BCUT2D eigenvalue weighted by atomic mass is 9.98. The number of ether oxygens (including phenoxy) is 1. The predicted molar refractivity (Wildman–Crippen MR) is 59.5 cm³/mol. The largest absolute Gasteiger partial charge is 0.481 e. The molecule has 0 saturated heterocycles. The summed E-state index contributed by atoms with van der Waals surface area (Å²) in [5, 5.41) is 0. The van der Waals surface area contributed by atoms with Crippen LogP contribution in [0.4, 0.5) is 0 Å². The Morgan fingerprint density at radius 3 is 2.87 bits per heavy atom. The van der Waals surface area contributed by atoms with Crippen LogP contribution in [0.15, 0.2) is 16.7 Å². The smallest absolute Gasteiger partial charge is 0.216 e. The lowest BCUT2D eigenvalue weighted by molar-refractivity contribution is 0.115. The molecule has 5 heteroatoms. The predicted octanol–water partition coefficient (Wildman–Crippen LogP) is 1.77. The van der Waals surface area contributed by atoms with Crippen LogP contribution in [0.1, 0.15) is 18.4 Å². The van der Waals surface area contributed by atoms with E-state index in [1.54, 1.807) is 13.3 Å². The second-order valence-electron chi connectivity index (χ2n) is 3.80. The summed E-state index contributed by atoms with van der Waals surface area (Å²) in [6.45, 7) is 0.515. The molecular weight excluding hydrogens is 260 g/mol. The molecule has 0 amide bonds. The van der Waals surface area contributed by atoms with Gasteiger partial charge in [0, 0.05) is 21.6 Å². The topological polar surface area (TPSA) is 57.4 Å². The van der Waals surface area contributed by atoms with E-state index in [1.807, 2.05) is 6.07 Å². The number of pyridine rings is 1. The van der Waals surface area contributed by atoms with Crippen LogP contribution in [0.25, 0.3) is 0 Å². The molecular formula is C10H13BrN2O2. The Labute approximate surface area is 96.9 Å². The monoisotopic (exact) mass is 272 g/mol. The lowest BCUT2D eigenvalue weighted by Gasteiger charge is -2.16. The van der Waals surface area contributed by atoms with E-state index in [0.717, 1.165) is 22.9 Å². The molecule has 1 heterocycles. The molecule has 1 aromatic rings. The summed E-state index contributed by atoms with van der Waals surface area (Å²) in [4.78, 5) is 8.98. The second kappa shape index (κ2) is 4.08. The van der Waals surface area contributed by atoms with E-state index in [9.17, 15) is 0 Å². The second-order valence-corrected chi connectivity index (χ2v) is 4.72. The van der Waals surface area contributed by atoms with Gasteiger partial charge in [-0.2, -0.15) is 0 Å². The summed E-state index contributed by atoms with van der Waals surface area (Å²) < 4.78 is 6.19. The molecule has 0 unspecified atom stereocenters. The van der Waals surface area contributed by atoms with Crippen LogP contribution < -0.4 is 10.6 Å². The zero-order valence-corrected chi connectivity index (χ0v) is 10.1. The van der Waals surface area contributed by atoms with Crippen LogP contribution in [0, 0.1) is 0 Å². The quantitative estimate of drug-likeness (QED) is 0.849. The Kier molecular flexibility index (Phi) is 2.95. The van der Waals surface area contributed by atoms with Gasteiger partial charge in [0.15, 0.2) is 0 Å². The minimum Gasteiger partial charge on any atom is -0.481 e. The number of aromatic nitrogens is 1. The van der Waals surface area contributed by atoms with Crippen molar-refractivity contribution >= 4 is 15.9 Å². The summed E-state index contributed by atoms with van der Waals surface area (Å²) in [6.07, 6.45) is 3.86. The Morgan fingerprint density at radius 1 is 1.60 bits per heavy atom. The minimum atomic E-state index is 0.0108. The van der Waals surface area contributed by atoms with Gasteiger partial charge in [0.2, 0.25) is 5.88 Å². The van der Waals surface area contributed by atoms with Crippen LogP contribution in [-0.2, 0) is 10.3 Å². The van der Waals surface area contributed by atoms with Gasteiger partial charge in [-0.05, 0) is 34.8 Å². The Hall–Kier alpha value is -0.650. The summed E-state index contributed by atoms with van der Waals surface area (Å²) in [6, 6.07) is 2.03. The maximum absolute atomic E-state index is 5.24. The van der Waals surface area contributed by atoms with Gasteiger partial charge in [-0.3, -0.25) is 0 Å². The molecule has 0 bridgehead atoms. The highest BCUT2D eigenvalue weighted by atomic mass is 79.9. The number of nitrogens with two attached hydrogens (primary N) is 1. The van der Waals surface area contributed by atoms with Crippen molar-refractivity contribution in [2.24, 2.45) is 5.90 Å². The zero-order chi connectivity index (χ0) is 10.9. The fourth-order valence-electron chi connectivity index (χ4n) is 1.77. The fraction of sp³-hybridized carbons (Fsp3) is 0.500. The van der Waals surface area contributed by atoms with Crippen molar-refractivity contribution < 1.29 is 9.57 Å². The van der Waals surface area contributed by atoms with Crippen LogP contribution >= 0.6 is 15.9 Å². The van der Waals surface area contributed by atoms with Crippen LogP contribution in [-0.4, -0.2) is 18.7 Å². The van der Waals surface area contributed by atoms with E-state index < -0.39 is 0 Å². The summed E-state index contributed by atoms with van der Waals surface area (Å²) in [5.41, 5.74) is 1.08. The molecule has 0 radical (unpaired) electrons. The van der Waals surface area contributed by atoms with E-state index in [0.29, 0.717) is 12.5 Å². The molecule has 82 valence electrons. The van der Waals surface area contributed by atoms with Gasteiger partial charge in [-0.1, -0.05) is 0 Å². The molecule has 0 aromatic carbocycles. The Balaban J connectivity index is 2.37. The first-order chi connectivity index (χ1) is 7.22. The SMILES string of the molecule is COc1ncc(Br)cc1C1(CON)CC1. The average molecular weight is 273 g/mol. The van der Waals surface area contributed by atoms with Gasteiger partial charge in [-0.15, -0.1) is 0 Å². The van der Waals surface area contributed by atoms with Gasteiger partial charge < -0.3 is 9.57 Å². The van der Waals surface area contributed by atoms with Crippen molar-refractivity contribution in [1.29, 1.82) is 0 Å². The number of hydrogen-bond donors (Lipinski definition) is 1. The van der Waals surface area contributed by atoms with Crippen molar-refractivity contribution in [3.63, 3.8) is 0 Å².